The quantitative estimate of drug-likeness (QED) is 0.727. The molecule has 0 aliphatic heterocycles. The van der Waals surface area contributed by atoms with Crippen LogP contribution >= 0.6 is 0 Å². The molecule has 2 rings (SSSR count). The van der Waals surface area contributed by atoms with Gasteiger partial charge in [-0.1, -0.05) is 12.1 Å². The molecule has 0 amide bonds. The molecule has 24 heavy (non-hydrogen) atoms. The van der Waals surface area contributed by atoms with Crippen LogP contribution in [0.2, 0.25) is 0 Å². The summed E-state index contributed by atoms with van der Waals surface area (Å²) in [6, 6.07) is 11.3. The number of nitrogens with one attached hydrogen (secondary N) is 1. The number of rotatable bonds is 7. The number of nitriles is 1. The minimum absolute atomic E-state index is 0.0385. The lowest BCUT2D eigenvalue weighted by Crippen LogP contribution is -2.20. The molecule has 0 radical (unpaired) electrons. The molecule has 2 aromatic carbocycles. The monoisotopic (exact) mass is 330 g/mol. The van der Waals surface area contributed by atoms with Gasteiger partial charge in [0.25, 0.3) is 0 Å². The number of anilines is 1. The van der Waals surface area contributed by atoms with Crippen molar-refractivity contribution in [3.8, 4) is 17.6 Å². The molecule has 0 fully saturated rings. The van der Waals surface area contributed by atoms with Crippen LogP contribution in [0.5, 0.6) is 11.5 Å². The minimum atomic E-state index is -0.580. The summed E-state index contributed by atoms with van der Waals surface area (Å²) in [7, 11) is 1.47. The van der Waals surface area contributed by atoms with Gasteiger partial charge in [0.05, 0.1) is 12.8 Å². The lowest BCUT2D eigenvalue weighted by atomic mass is 9.99. The highest BCUT2D eigenvalue weighted by Gasteiger charge is 2.13. The molecular weight excluding hydrogens is 311 g/mol. The fraction of sp³-hybridized carbons (Fsp3) is 0.278. The van der Waals surface area contributed by atoms with Gasteiger partial charge in [0.1, 0.15) is 17.4 Å². The lowest BCUT2D eigenvalue weighted by molar-refractivity contribution is 0.232. The van der Waals surface area contributed by atoms with Crippen molar-refractivity contribution >= 4 is 5.69 Å². The average Bonchev–Trinajstić information content (AvgIpc) is 2.58. The van der Waals surface area contributed by atoms with Crippen LogP contribution in [-0.4, -0.2) is 30.5 Å². The molecule has 0 unspecified atom stereocenters. The number of nitrogens with zero attached hydrogens (tertiary/aromatic N) is 1. The molecule has 0 aliphatic rings. The first-order chi connectivity index (χ1) is 11.6. The van der Waals surface area contributed by atoms with Crippen molar-refractivity contribution in [2.24, 2.45) is 5.92 Å². The topological polar surface area (TPSA) is 85.5 Å². The summed E-state index contributed by atoms with van der Waals surface area (Å²) >= 11 is 0. The summed E-state index contributed by atoms with van der Waals surface area (Å²) in [6.45, 7) is 0.276. The average molecular weight is 330 g/mol. The minimum Gasteiger partial charge on any atom is -0.504 e. The highest BCUT2D eigenvalue weighted by atomic mass is 19.1. The molecule has 1 atom stereocenters. The summed E-state index contributed by atoms with van der Waals surface area (Å²) < 4.78 is 18.6. The van der Waals surface area contributed by atoms with Gasteiger partial charge in [0.2, 0.25) is 0 Å². The summed E-state index contributed by atoms with van der Waals surface area (Å²) in [4.78, 5) is 0. The Bertz CT molecular complexity index is 744. The number of phenols is 1. The number of phenolic OH excluding ortho intramolecular Hbond substituents is 1. The Morgan fingerprint density at radius 3 is 2.75 bits per heavy atom. The van der Waals surface area contributed by atoms with E-state index in [-0.39, 0.29) is 23.8 Å². The van der Waals surface area contributed by atoms with Crippen molar-refractivity contribution in [2.45, 2.75) is 6.42 Å². The Morgan fingerprint density at radius 1 is 1.33 bits per heavy atom. The van der Waals surface area contributed by atoms with Gasteiger partial charge in [-0.15, -0.1) is 0 Å². The number of benzene rings is 2. The molecular formula is C18H19FN2O3. The zero-order valence-corrected chi connectivity index (χ0v) is 13.3. The van der Waals surface area contributed by atoms with Crippen molar-refractivity contribution < 1.29 is 19.3 Å². The van der Waals surface area contributed by atoms with Gasteiger partial charge < -0.3 is 20.3 Å². The molecule has 2 aromatic rings. The number of hydrogen-bond acceptors (Lipinski definition) is 5. The number of ether oxygens (including phenoxy) is 1. The van der Waals surface area contributed by atoms with E-state index in [0.29, 0.717) is 24.4 Å². The fourth-order valence-electron chi connectivity index (χ4n) is 2.44. The van der Waals surface area contributed by atoms with Gasteiger partial charge in [0.15, 0.2) is 11.5 Å². The molecule has 5 nitrogen and oxygen atoms in total. The van der Waals surface area contributed by atoms with Crippen molar-refractivity contribution in [1.29, 1.82) is 5.26 Å². The summed E-state index contributed by atoms with van der Waals surface area (Å²) in [5.41, 5.74) is 1.19. The van der Waals surface area contributed by atoms with Crippen LogP contribution in [0.1, 0.15) is 11.1 Å². The van der Waals surface area contributed by atoms with Crippen LogP contribution in [0.25, 0.3) is 0 Å². The Kier molecular flexibility index (Phi) is 5.99. The summed E-state index contributed by atoms with van der Waals surface area (Å²) in [5.74, 6) is -0.317. The van der Waals surface area contributed by atoms with Crippen molar-refractivity contribution in [2.75, 3.05) is 25.6 Å². The summed E-state index contributed by atoms with van der Waals surface area (Å²) in [6.07, 6.45) is 0.512. The molecule has 0 aromatic heterocycles. The maximum Gasteiger partial charge on any atom is 0.160 e. The van der Waals surface area contributed by atoms with E-state index in [1.807, 2.05) is 12.1 Å². The van der Waals surface area contributed by atoms with Crippen molar-refractivity contribution in [3.05, 3.63) is 53.3 Å². The van der Waals surface area contributed by atoms with E-state index in [4.69, 9.17) is 10.00 Å². The first-order valence-corrected chi connectivity index (χ1v) is 7.48. The highest BCUT2D eigenvalue weighted by molar-refractivity contribution is 5.57. The van der Waals surface area contributed by atoms with Gasteiger partial charge in [-0.05, 0) is 36.2 Å². The van der Waals surface area contributed by atoms with Crippen LogP contribution in [0.4, 0.5) is 10.1 Å². The van der Waals surface area contributed by atoms with Crippen molar-refractivity contribution in [3.63, 3.8) is 0 Å². The molecule has 6 heteroatoms. The van der Waals surface area contributed by atoms with Crippen LogP contribution in [0.15, 0.2) is 36.4 Å². The fourth-order valence-corrected chi connectivity index (χ4v) is 2.44. The van der Waals surface area contributed by atoms with E-state index in [0.717, 1.165) is 5.56 Å². The third-order valence-corrected chi connectivity index (χ3v) is 3.73. The van der Waals surface area contributed by atoms with Crippen LogP contribution in [0, 0.1) is 23.1 Å². The number of methoxy groups -OCH3 is 1. The molecule has 3 N–H and O–H groups in total. The first kappa shape index (κ1) is 17.6. The molecule has 0 saturated carbocycles. The second-order valence-corrected chi connectivity index (χ2v) is 5.41. The number of halogens is 1. The number of aliphatic hydroxyl groups excluding tert-OH is 1. The third kappa shape index (κ3) is 4.15. The maximum absolute atomic E-state index is 13.6. The van der Waals surface area contributed by atoms with Crippen LogP contribution < -0.4 is 10.1 Å². The number of aromatic hydroxyl groups is 1. The van der Waals surface area contributed by atoms with Gasteiger partial charge in [-0.25, -0.2) is 4.39 Å². The first-order valence-electron chi connectivity index (χ1n) is 7.48. The molecule has 0 spiro atoms. The van der Waals surface area contributed by atoms with E-state index in [1.54, 1.807) is 18.2 Å². The second-order valence-electron chi connectivity index (χ2n) is 5.41. The van der Waals surface area contributed by atoms with Gasteiger partial charge in [0, 0.05) is 19.1 Å². The normalized spacial score (nSPS) is 11.6. The molecule has 0 saturated heterocycles. The molecule has 0 heterocycles. The smallest absolute Gasteiger partial charge is 0.160 e. The predicted octanol–water partition coefficient (Wildman–Crippen LogP) is 2.67. The molecule has 126 valence electrons. The Balaban J connectivity index is 2.04. The lowest BCUT2D eigenvalue weighted by Gasteiger charge is -2.17. The predicted molar refractivity (Wildman–Crippen MR) is 88.5 cm³/mol. The van der Waals surface area contributed by atoms with Crippen molar-refractivity contribution in [1.82, 2.24) is 0 Å². The van der Waals surface area contributed by atoms with E-state index < -0.39 is 5.82 Å². The maximum atomic E-state index is 13.6. The summed E-state index contributed by atoms with van der Waals surface area (Å²) in [5, 5.41) is 31.4. The molecule has 0 bridgehead atoms. The van der Waals surface area contributed by atoms with E-state index >= 15 is 0 Å². The van der Waals surface area contributed by atoms with Gasteiger partial charge >= 0.3 is 0 Å². The SMILES string of the molecule is COc1ccc(C[C@H](CO)CNc2cccc(F)c2C#N)cc1O. The Labute approximate surface area is 139 Å². The third-order valence-electron chi connectivity index (χ3n) is 3.73. The van der Waals surface area contributed by atoms with E-state index in [2.05, 4.69) is 5.32 Å². The van der Waals surface area contributed by atoms with Gasteiger partial charge in [-0.2, -0.15) is 5.26 Å². The van der Waals surface area contributed by atoms with Crippen LogP contribution in [0.3, 0.4) is 0 Å². The zero-order chi connectivity index (χ0) is 17.5. The Morgan fingerprint density at radius 2 is 2.12 bits per heavy atom. The Hall–Kier alpha value is -2.78. The zero-order valence-electron chi connectivity index (χ0n) is 13.3. The number of hydrogen-bond donors (Lipinski definition) is 3. The van der Waals surface area contributed by atoms with Crippen LogP contribution in [-0.2, 0) is 6.42 Å². The standard InChI is InChI=1S/C18H19FN2O3/c1-24-18-6-5-12(8-17(18)23)7-13(11-22)10-21-16-4-2-3-15(19)14(16)9-20/h2-6,8,13,21-23H,7,10-11H2,1H3/t13-/m0/s1. The van der Waals surface area contributed by atoms with Gasteiger partial charge in [-0.3, -0.25) is 0 Å². The van der Waals surface area contributed by atoms with E-state index in [1.165, 1.54) is 19.2 Å². The largest absolute Gasteiger partial charge is 0.504 e. The second kappa shape index (κ2) is 8.18. The highest BCUT2D eigenvalue weighted by Crippen LogP contribution is 2.27. The van der Waals surface area contributed by atoms with E-state index in [9.17, 15) is 14.6 Å². The number of aliphatic hydroxyl groups is 1. The molecule has 0 aliphatic carbocycles.